The van der Waals surface area contributed by atoms with Gasteiger partial charge in [-0.05, 0) is 24.6 Å². The van der Waals surface area contributed by atoms with Crippen LogP contribution in [0.15, 0.2) is 35.3 Å². The number of carboxylic acids is 1. The molecule has 1 aromatic heterocycles. The van der Waals surface area contributed by atoms with Crippen molar-refractivity contribution in [1.29, 1.82) is 0 Å². The van der Waals surface area contributed by atoms with Crippen LogP contribution in [0, 0.1) is 6.92 Å². The van der Waals surface area contributed by atoms with Crippen molar-refractivity contribution >= 4 is 5.97 Å². The maximum atomic E-state index is 12.0. The van der Waals surface area contributed by atoms with Gasteiger partial charge in [-0.1, -0.05) is 12.1 Å². The van der Waals surface area contributed by atoms with Crippen LogP contribution in [0.5, 0.6) is 0 Å². The number of imidazole rings is 1. The van der Waals surface area contributed by atoms with Gasteiger partial charge in [-0.15, -0.1) is 0 Å². The average molecular weight is 275 g/mol. The normalized spacial score (nSPS) is 12.3. The first-order chi connectivity index (χ1) is 9.40. The lowest BCUT2D eigenvalue weighted by Gasteiger charge is -2.11. The number of hydrogen-bond acceptors (Lipinski definition) is 3. The summed E-state index contributed by atoms with van der Waals surface area (Å²) in [4.78, 5) is 22.6. The highest BCUT2D eigenvalue weighted by molar-refractivity contribution is 5.67. The summed E-state index contributed by atoms with van der Waals surface area (Å²) in [5.74, 6) is -0.934. The molecule has 1 unspecified atom stereocenters. The summed E-state index contributed by atoms with van der Waals surface area (Å²) in [5.41, 5.74) is 7.98. The molecule has 2 rings (SSSR count). The van der Waals surface area contributed by atoms with Gasteiger partial charge < -0.3 is 15.4 Å². The molecule has 0 fully saturated rings. The number of nitrogens with zero attached hydrogens (tertiary/aromatic N) is 2. The quantitative estimate of drug-likeness (QED) is 0.869. The molecule has 3 N–H and O–H groups in total. The monoisotopic (exact) mass is 275 g/mol. The van der Waals surface area contributed by atoms with Crippen molar-refractivity contribution in [3.63, 3.8) is 0 Å². The topological polar surface area (TPSA) is 90.3 Å². The highest BCUT2D eigenvalue weighted by Gasteiger charge is 2.12. The summed E-state index contributed by atoms with van der Waals surface area (Å²) >= 11 is 0. The first kappa shape index (κ1) is 14.1. The summed E-state index contributed by atoms with van der Waals surface area (Å²) in [5, 5.41) is 8.73. The number of aryl methyl sites for hydroxylation is 2. The van der Waals surface area contributed by atoms with Crippen LogP contribution in [0.2, 0.25) is 0 Å². The highest BCUT2D eigenvalue weighted by Crippen LogP contribution is 2.17. The molecule has 0 bridgehead atoms. The first-order valence-corrected chi connectivity index (χ1v) is 6.23. The van der Waals surface area contributed by atoms with Crippen molar-refractivity contribution in [1.82, 2.24) is 9.13 Å². The SMILES string of the molecule is Cc1cn(C)c(=O)n1-c1ccc(C(N)CC(=O)O)cc1. The fraction of sp³-hybridized carbons (Fsp3) is 0.286. The molecule has 0 saturated heterocycles. The molecular weight excluding hydrogens is 258 g/mol. The van der Waals surface area contributed by atoms with Gasteiger partial charge in [0, 0.05) is 25.0 Å². The highest BCUT2D eigenvalue weighted by atomic mass is 16.4. The van der Waals surface area contributed by atoms with Crippen LogP contribution in [-0.2, 0) is 11.8 Å². The minimum atomic E-state index is -0.934. The lowest BCUT2D eigenvalue weighted by Crippen LogP contribution is -2.21. The third-order valence-electron chi connectivity index (χ3n) is 3.20. The minimum Gasteiger partial charge on any atom is -0.481 e. The van der Waals surface area contributed by atoms with Gasteiger partial charge in [0.25, 0.3) is 0 Å². The number of carbonyl (C=O) groups is 1. The zero-order valence-electron chi connectivity index (χ0n) is 11.4. The number of aliphatic carboxylic acids is 1. The Morgan fingerprint density at radius 2 is 1.95 bits per heavy atom. The smallest absolute Gasteiger partial charge is 0.332 e. The summed E-state index contributed by atoms with van der Waals surface area (Å²) in [7, 11) is 1.70. The van der Waals surface area contributed by atoms with E-state index in [-0.39, 0.29) is 12.1 Å². The third kappa shape index (κ3) is 2.65. The van der Waals surface area contributed by atoms with Gasteiger partial charge in [-0.3, -0.25) is 9.36 Å². The maximum Gasteiger partial charge on any atom is 0.332 e. The van der Waals surface area contributed by atoms with E-state index in [1.54, 1.807) is 42.1 Å². The number of aromatic nitrogens is 2. The predicted molar refractivity (Wildman–Crippen MR) is 74.9 cm³/mol. The first-order valence-electron chi connectivity index (χ1n) is 6.23. The van der Waals surface area contributed by atoms with Crippen molar-refractivity contribution in [3.05, 3.63) is 52.2 Å². The molecule has 20 heavy (non-hydrogen) atoms. The zero-order valence-corrected chi connectivity index (χ0v) is 11.4. The second-order valence-electron chi connectivity index (χ2n) is 4.80. The fourth-order valence-electron chi connectivity index (χ4n) is 2.19. The van der Waals surface area contributed by atoms with Gasteiger partial charge in [-0.25, -0.2) is 4.79 Å². The molecule has 0 spiro atoms. The van der Waals surface area contributed by atoms with Crippen molar-refractivity contribution in [2.24, 2.45) is 12.8 Å². The number of rotatable bonds is 4. The van der Waals surface area contributed by atoms with Crippen molar-refractivity contribution in [2.75, 3.05) is 0 Å². The lowest BCUT2D eigenvalue weighted by atomic mass is 10.0. The van der Waals surface area contributed by atoms with Gasteiger partial charge in [0.15, 0.2) is 0 Å². The summed E-state index contributed by atoms with van der Waals surface area (Å²) in [6.07, 6.45) is 1.63. The van der Waals surface area contributed by atoms with E-state index >= 15 is 0 Å². The van der Waals surface area contributed by atoms with Crippen molar-refractivity contribution < 1.29 is 9.90 Å². The Balaban J connectivity index is 2.33. The average Bonchev–Trinajstić information content (AvgIpc) is 2.63. The van der Waals surface area contributed by atoms with E-state index in [4.69, 9.17) is 10.8 Å². The summed E-state index contributed by atoms with van der Waals surface area (Å²) in [6, 6.07) is 6.50. The van der Waals surface area contributed by atoms with Gasteiger partial charge in [0.05, 0.1) is 12.1 Å². The van der Waals surface area contributed by atoms with E-state index in [2.05, 4.69) is 0 Å². The lowest BCUT2D eigenvalue weighted by molar-refractivity contribution is -0.137. The Morgan fingerprint density at radius 1 is 1.35 bits per heavy atom. The third-order valence-corrected chi connectivity index (χ3v) is 3.20. The standard InChI is InChI=1S/C14H17N3O3/c1-9-8-16(2)14(20)17(9)11-5-3-10(4-6-11)12(15)7-13(18)19/h3-6,8,12H,7,15H2,1-2H3,(H,18,19). The van der Waals surface area contributed by atoms with E-state index in [1.807, 2.05) is 6.92 Å². The summed E-state index contributed by atoms with van der Waals surface area (Å²) in [6.45, 7) is 1.85. The molecule has 0 saturated carbocycles. The molecular formula is C14H17N3O3. The van der Waals surface area contributed by atoms with Crippen LogP contribution < -0.4 is 11.4 Å². The Kier molecular flexibility index (Phi) is 3.76. The fourth-order valence-corrected chi connectivity index (χ4v) is 2.19. The van der Waals surface area contributed by atoms with E-state index < -0.39 is 12.0 Å². The molecule has 2 aromatic rings. The molecule has 0 aliphatic heterocycles. The van der Waals surface area contributed by atoms with Crippen LogP contribution >= 0.6 is 0 Å². The Morgan fingerprint density at radius 3 is 2.40 bits per heavy atom. The summed E-state index contributed by atoms with van der Waals surface area (Å²) < 4.78 is 3.10. The minimum absolute atomic E-state index is 0.120. The van der Waals surface area contributed by atoms with Gasteiger partial charge in [0.2, 0.25) is 0 Å². The van der Waals surface area contributed by atoms with Crippen LogP contribution in [0.3, 0.4) is 0 Å². The maximum absolute atomic E-state index is 12.0. The van der Waals surface area contributed by atoms with Crippen LogP contribution in [-0.4, -0.2) is 20.2 Å². The van der Waals surface area contributed by atoms with E-state index in [1.165, 1.54) is 4.57 Å². The molecule has 6 heteroatoms. The van der Waals surface area contributed by atoms with Gasteiger partial charge in [0.1, 0.15) is 0 Å². The molecule has 0 amide bonds. The van der Waals surface area contributed by atoms with E-state index in [9.17, 15) is 9.59 Å². The molecule has 1 atom stereocenters. The Labute approximate surface area is 116 Å². The predicted octanol–water partition coefficient (Wildman–Crippen LogP) is 0.959. The van der Waals surface area contributed by atoms with E-state index in [0.29, 0.717) is 0 Å². The van der Waals surface area contributed by atoms with Crippen LogP contribution in [0.4, 0.5) is 0 Å². The molecule has 0 aliphatic rings. The van der Waals surface area contributed by atoms with Crippen molar-refractivity contribution in [3.8, 4) is 5.69 Å². The zero-order chi connectivity index (χ0) is 14.9. The number of benzene rings is 1. The molecule has 1 heterocycles. The second kappa shape index (κ2) is 5.34. The number of hydrogen-bond donors (Lipinski definition) is 2. The Hall–Kier alpha value is -2.34. The van der Waals surface area contributed by atoms with E-state index in [0.717, 1.165) is 16.9 Å². The molecule has 0 radical (unpaired) electrons. The van der Waals surface area contributed by atoms with Crippen LogP contribution in [0.1, 0.15) is 23.7 Å². The largest absolute Gasteiger partial charge is 0.481 e. The molecule has 106 valence electrons. The van der Waals surface area contributed by atoms with Crippen molar-refractivity contribution in [2.45, 2.75) is 19.4 Å². The van der Waals surface area contributed by atoms with Gasteiger partial charge >= 0.3 is 11.7 Å². The molecule has 6 nitrogen and oxygen atoms in total. The second-order valence-corrected chi connectivity index (χ2v) is 4.80. The number of carboxylic acid groups (broad SMARTS) is 1. The van der Waals surface area contributed by atoms with Gasteiger partial charge in [-0.2, -0.15) is 0 Å². The van der Waals surface area contributed by atoms with Crippen LogP contribution in [0.25, 0.3) is 5.69 Å². The molecule has 1 aromatic carbocycles. The number of nitrogens with two attached hydrogens (primary N) is 1. The molecule has 0 aliphatic carbocycles. The Bertz CT molecular complexity index is 683.